The first-order valence-corrected chi connectivity index (χ1v) is 8.63. The summed E-state index contributed by atoms with van der Waals surface area (Å²) < 4.78 is 29.0. The lowest BCUT2D eigenvalue weighted by molar-refractivity contribution is -0.384. The van der Waals surface area contributed by atoms with Crippen molar-refractivity contribution in [3.8, 4) is 5.75 Å². The zero-order valence-electron chi connectivity index (χ0n) is 15.5. The van der Waals surface area contributed by atoms with Crippen LogP contribution in [0.4, 0.5) is 25.0 Å². The maximum absolute atomic E-state index is 12.9. The Balaban J connectivity index is 1.85. The molecule has 2 aromatic rings. The number of ether oxygens (including phenoxy) is 1. The SMILES string of the molecule is CC1=C(C(=O)Nc2ccc([N+](=O)[O-])cc2)[C@@H](c2ccc(OC(F)F)cc2)NC(=O)N1. The van der Waals surface area contributed by atoms with Gasteiger partial charge in [-0.3, -0.25) is 14.9 Å². The fourth-order valence-corrected chi connectivity index (χ4v) is 2.95. The number of hydrogen-bond donors (Lipinski definition) is 3. The number of rotatable bonds is 6. The van der Waals surface area contributed by atoms with Crippen LogP contribution in [0.1, 0.15) is 18.5 Å². The molecular weight excluding hydrogens is 402 g/mol. The normalized spacial score (nSPS) is 16.0. The van der Waals surface area contributed by atoms with Gasteiger partial charge in [-0.05, 0) is 36.8 Å². The van der Waals surface area contributed by atoms with Crippen LogP contribution in [0.5, 0.6) is 5.75 Å². The Morgan fingerprint density at radius 2 is 1.80 bits per heavy atom. The van der Waals surface area contributed by atoms with E-state index in [0.29, 0.717) is 16.9 Å². The van der Waals surface area contributed by atoms with Gasteiger partial charge in [-0.15, -0.1) is 0 Å². The Morgan fingerprint density at radius 3 is 2.37 bits per heavy atom. The molecule has 0 aliphatic carbocycles. The van der Waals surface area contributed by atoms with E-state index in [9.17, 15) is 28.5 Å². The maximum atomic E-state index is 12.9. The molecule has 1 aliphatic rings. The highest BCUT2D eigenvalue weighted by atomic mass is 19.3. The molecule has 1 atom stereocenters. The highest BCUT2D eigenvalue weighted by Crippen LogP contribution is 2.29. The summed E-state index contributed by atoms with van der Waals surface area (Å²) in [6.07, 6.45) is 0. The number of nitro groups is 1. The van der Waals surface area contributed by atoms with Crippen molar-refractivity contribution in [2.24, 2.45) is 0 Å². The van der Waals surface area contributed by atoms with Crippen molar-refractivity contribution in [3.63, 3.8) is 0 Å². The molecule has 0 saturated carbocycles. The topological polar surface area (TPSA) is 123 Å². The van der Waals surface area contributed by atoms with Crippen molar-refractivity contribution in [3.05, 3.63) is 75.5 Å². The fourth-order valence-electron chi connectivity index (χ4n) is 2.95. The van der Waals surface area contributed by atoms with Gasteiger partial charge in [0.2, 0.25) is 0 Å². The predicted molar refractivity (Wildman–Crippen MR) is 102 cm³/mol. The van der Waals surface area contributed by atoms with Gasteiger partial charge >= 0.3 is 12.6 Å². The zero-order chi connectivity index (χ0) is 21.8. The van der Waals surface area contributed by atoms with Crippen molar-refractivity contribution in [1.29, 1.82) is 0 Å². The second-order valence-corrected chi connectivity index (χ2v) is 6.28. The van der Waals surface area contributed by atoms with E-state index in [1.807, 2.05) is 0 Å². The number of non-ortho nitro benzene ring substituents is 1. The van der Waals surface area contributed by atoms with E-state index in [-0.39, 0.29) is 17.0 Å². The first-order chi connectivity index (χ1) is 14.2. The molecule has 3 N–H and O–H groups in total. The summed E-state index contributed by atoms with van der Waals surface area (Å²) in [4.78, 5) is 35.0. The quantitative estimate of drug-likeness (QED) is 0.490. The Labute approximate surface area is 168 Å². The molecule has 0 aromatic heterocycles. The van der Waals surface area contributed by atoms with E-state index in [1.54, 1.807) is 6.92 Å². The molecule has 30 heavy (non-hydrogen) atoms. The van der Waals surface area contributed by atoms with E-state index in [4.69, 9.17) is 0 Å². The molecule has 1 heterocycles. The van der Waals surface area contributed by atoms with Crippen molar-refractivity contribution in [2.45, 2.75) is 19.6 Å². The van der Waals surface area contributed by atoms with Crippen LogP contribution in [0.3, 0.4) is 0 Å². The number of hydrogen-bond acceptors (Lipinski definition) is 5. The lowest BCUT2D eigenvalue weighted by Gasteiger charge is -2.28. The number of allylic oxidation sites excluding steroid dienone is 1. The number of anilines is 1. The van der Waals surface area contributed by atoms with E-state index >= 15 is 0 Å². The number of amides is 3. The minimum atomic E-state index is -2.97. The van der Waals surface area contributed by atoms with Crippen LogP contribution in [0.2, 0.25) is 0 Å². The fraction of sp³-hybridized carbons (Fsp3) is 0.158. The molecule has 3 amide bonds. The smallest absolute Gasteiger partial charge is 0.387 e. The van der Waals surface area contributed by atoms with Gasteiger partial charge < -0.3 is 20.7 Å². The molecule has 3 rings (SSSR count). The van der Waals surface area contributed by atoms with Crippen LogP contribution in [-0.4, -0.2) is 23.5 Å². The van der Waals surface area contributed by atoms with Gasteiger partial charge in [0.05, 0.1) is 16.5 Å². The number of halogens is 2. The van der Waals surface area contributed by atoms with Gasteiger partial charge in [-0.25, -0.2) is 4.79 Å². The summed E-state index contributed by atoms with van der Waals surface area (Å²) >= 11 is 0. The largest absolute Gasteiger partial charge is 0.435 e. The van der Waals surface area contributed by atoms with Crippen LogP contribution >= 0.6 is 0 Å². The van der Waals surface area contributed by atoms with E-state index in [2.05, 4.69) is 20.7 Å². The van der Waals surface area contributed by atoms with Crippen LogP contribution in [0, 0.1) is 10.1 Å². The lowest BCUT2D eigenvalue weighted by Crippen LogP contribution is -2.45. The summed E-state index contributed by atoms with van der Waals surface area (Å²) in [7, 11) is 0. The Kier molecular flexibility index (Phi) is 5.90. The first kappa shape index (κ1) is 20.7. The monoisotopic (exact) mass is 418 g/mol. The van der Waals surface area contributed by atoms with E-state index < -0.39 is 29.5 Å². The third-order valence-corrected chi connectivity index (χ3v) is 4.29. The molecule has 0 fully saturated rings. The van der Waals surface area contributed by atoms with Crippen molar-refractivity contribution < 1.29 is 28.0 Å². The van der Waals surface area contributed by atoms with Gasteiger partial charge in [0.15, 0.2) is 0 Å². The summed E-state index contributed by atoms with van der Waals surface area (Å²) in [6, 6.07) is 9.40. The second-order valence-electron chi connectivity index (χ2n) is 6.28. The van der Waals surface area contributed by atoms with E-state index in [1.165, 1.54) is 48.5 Å². The van der Waals surface area contributed by atoms with Gasteiger partial charge in [-0.2, -0.15) is 8.78 Å². The Bertz CT molecular complexity index is 1010. The number of nitro benzene ring substituents is 1. The summed E-state index contributed by atoms with van der Waals surface area (Å²) in [5.41, 5.74) is 1.16. The summed E-state index contributed by atoms with van der Waals surface area (Å²) in [5, 5.41) is 18.5. The minimum absolute atomic E-state index is 0.0633. The number of alkyl halides is 2. The zero-order valence-corrected chi connectivity index (χ0v) is 15.5. The third-order valence-electron chi connectivity index (χ3n) is 4.29. The van der Waals surface area contributed by atoms with Gasteiger partial charge in [0.1, 0.15) is 5.75 Å². The second kappa shape index (κ2) is 8.55. The minimum Gasteiger partial charge on any atom is -0.435 e. The molecule has 0 spiro atoms. The number of nitrogens with zero attached hydrogens (tertiary/aromatic N) is 1. The van der Waals surface area contributed by atoms with E-state index in [0.717, 1.165) is 0 Å². The highest BCUT2D eigenvalue weighted by Gasteiger charge is 2.31. The molecule has 0 saturated heterocycles. The number of urea groups is 1. The molecular formula is C19H16F2N4O5. The van der Waals surface area contributed by atoms with Gasteiger partial charge in [-0.1, -0.05) is 12.1 Å². The van der Waals surface area contributed by atoms with Crippen LogP contribution in [0.15, 0.2) is 59.8 Å². The van der Waals surface area contributed by atoms with Gasteiger partial charge in [0.25, 0.3) is 11.6 Å². The number of carbonyl (C=O) groups is 2. The van der Waals surface area contributed by atoms with Crippen molar-refractivity contribution in [1.82, 2.24) is 10.6 Å². The lowest BCUT2D eigenvalue weighted by atomic mass is 9.94. The highest BCUT2D eigenvalue weighted by molar-refractivity contribution is 6.06. The van der Waals surface area contributed by atoms with Crippen LogP contribution in [-0.2, 0) is 4.79 Å². The molecule has 9 nitrogen and oxygen atoms in total. The van der Waals surface area contributed by atoms with Gasteiger partial charge in [0, 0.05) is 23.5 Å². The number of carbonyl (C=O) groups excluding carboxylic acids is 2. The molecule has 1 aliphatic heterocycles. The Morgan fingerprint density at radius 1 is 1.17 bits per heavy atom. The molecule has 0 radical (unpaired) electrons. The summed E-state index contributed by atoms with van der Waals surface area (Å²) in [5.74, 6) is -0.613. The van der Waals surface area contributed by atoms with Crippen molar-refractivity contribution >= 4 is 23.3 Å². The van der Waals surface area contributed by atoms with Crippen LogP contribution in [0.25, 0.3) is 0 Å². The summed E-state index contributed by atoms with van der Waals surface area (Å²) in [6.45, 7) is -1.43. The van der Waals surface area contributed by atoms with Crippen molar-refractivity contribution in [2.75, 3.05) is 5.32 Å². The molecule has 11 heteroatoms. The average molecular weight is 418 g/mol. The molecule has 156 valence electrons. The third kappa shape index (κ3) is 4.69. The maximum Gasteiger partial charge on any atom is 0.387 e. The predicted octanol–water partition coefficient (Wildman–Crippen LogP) is 3.46. The molecule has 0 bridgehead atoms. The first-order valence-electron chi connectivity index (χ1n) is 8.63. The van der Waals surface area contributed by atoms with Crippen LogP contribution < -0.4 is 20.7 Å². The number of nitrogens with one attached hydrogen (secondary N) is 3. The molecule has 0 unspecified atom stereocenters. The Hall–Kier alpha value is -4.02. The number of benzene rings is 2. The molecule has 2 aromatic carbocycles. The standard InChI is InChI=1S/C19H16F2N4O5/c1-10-15(17(26)23-12-4-6-13(7-5-12)25(28)29)16(24-19(27)22-10)11-2-8-14(9-3-11)30-18(20)21/h2-9,16,18H,1H3,(H,23,26)(H2,22,24,27)/t16-/m1/s1. The average Bonchev–Trinajstić information content (AvgIpc) is 2.67.